The second kappa shape index (κ2) is 7.29. The number of likely N-dealkylation sites (tertiary alicyclic amines) is 1. The fraction of sp³-hybridized carbons (Fsp3) is 0.619. The van der Waals surface area contributed by atoms with Gasteiger partial charge in [0.15, 0.2) is 5.96 Å². The van der Waals surface area contributed by atoms with E-state index in [0.29, 0.717) is 12.3 Å². The molecule has 2 N–H and O–H groups in total. The van der Waals surface area contributed by atoms with E-state index in [9.17, 15) is 4.79 Å². The summed E-state index contributed by atoms with van der Waals surface area (Å²) in [5.74, 6) is 1.84. The van der Waals surface area contributed by atoms with Crippen LogP contribution in [0.5, 0.6) is 0 Å². The molecule has 0 bridgehead atoms. The molecular formula is C21H30N4O. The number of hydrogen-bond acceptors (Lipinski definition) is 2. The molecule has 1 amide bonds. The van der Waals surface area contributed by atoms with Crippen LogP contribution in [0.4, 0.5) is 0 Å². The molecule has 0 aromatic heterocycles. The summed E-state index contributed by atoms with van der Waals surface area (Å²) in [4.78, 5) is 19.1. The van der Waals surface area contributed by atoms with Crippen LogP contribution in [-0.2, 0) is 17.6 Å². The van der Waals surface area contributed by atoms with E-state index in [0.717, 1.165) is 64.4 Å². The molecule has 1 aromatic rings. The maximum Gasteiger partial charge on any atom is 0.220 e. The highest BCUT2D eigenvalue weighted by Crippen LogP contribution is 2.36. The fourth-order valence-corrected chi connectivity index (χ4v) is 4.85. The molecule has 0 saturated carbocycles. The van der Waals surface area contributed by atoms with Crippen molar-refractivity contribution in [1.29, 1.82) is 0 Å². The number of nitrogens with one attached hydrogen (secondary N) is 2. The Morgan fingerprint density at radius 2 is 2.12 bits per heavy atom. The van der Waals surface area contributed by atoms with Crippen LogP contribution in [0, 0.1) is 11.3 Å². The van der Waals surface area contributed by atoms with Crippen molar-refractivity contribution in [3.63, 3.8) is 0 Å². The lowest BCUT2D eigenvalue weighted by Gasteiger charge is -2.40. The first-order valence-electron chi connectivity index (χ1n) is 10.0. The molecule has 5 nitrogen and oxygen atoms in total. The molecule has 2 fully saturated rings. The van der Waals surface area contributed by atoms with Gasteiger partial charge in [-0.25, -0.2) is 0 Å². The highest BCUT2D eigenvalue weighted by atomic mass is 16.1. The van der Waals surface area contributed by atoms with Gasteiger partial charge in [-0.15, -0.1) is 0 Å². The summed E-state index contributed by atoms with van der Waals surface area (Å²) in [5.41, 5.74) is 3.09. The zero-order valence-corrected chi connectivity index (χ0v) is 15.8. The van der Waals surface area contributed by atoms with Crippen LogP contribution in [0.15, 0.2) is 29.3 Å². The topological polar surface area (TPSA) is 56.7 Å². The third-order valence-corrected chi connectivity index (χ3v) is 6.13. The average molecular weight is 354 g/mol. The standard InChI is InChI=1S/C21H30N4O/c1-2-22-20(23-13-16-10-17-6-3-4-7-18(17)11-16)25-9-5-8-21(15-25)12-19(26)24-14-21/h3-4,6-7,16H,2,5,8-15H2,1H3,(H,22,23)(H,24,26). The van der Waals surface area contributed by atoms with Crippen molar-refractivity contribution < 1.29 is 4.79 Å². The second-order valence-corrected chi connectivity index (χ2v) is 8.22. The number of rotatable bonds is 3. The van der Waals surface area contributed by atoms with Crippen molar-refractivity contribution in [3.05, 3.63) is 35.4 Å². The van der Waals surface area contributed by atoms with Crippen molar-refractivity contribution in [1.82, 2.24) is 15.5 Å². The number of benzene rings is 1. The lowest BCUT2D eigenvalue weighted by molar-refractivity contribution is -0.119. The fourth-order valence-electron chi connectivity index (χ4n) is 4.85. The van der Waals surface area contributed by atoms with Crippen LogP contribution in [0.3, 0.4) is 0 Å². The minimum absolute atomic E-state index is 0.106. The monoisotopic (exact) mass is 354 g/mol. The lowest BCUT2D eigenvalue weighted by Crippen LogP contribution is -2.51. The second-order valence-electron chi connectivity index (χ2n) is 8.22. The van der Waals surface area contributed by atoms with E-state index >= 15 is 0 Å². The molecule has 5 heteroatoms. The van der Waals surface area contributed by atoms with Gasteiger partial charge >= 0.3 is 0 Å². The molecule has 2 heterocycles. The van der Waals surface area contributed by atoms with Crippen molar-refractivity contribution in [3.8, 4) is 0 Å². The normalized spacial score (nSPS) is 26.3. The van der Waals surface area contributed by atoms with Gasteiger partial charge in [0.1, 0.15) is 0 Å². The van der Waals surface area contributed by atoms with Gasteiger partial charge in [0, 0.05) is 44.6 Å². The Morgan fingerprint density at radius 1 is 1.35 bits per heavy atom. The lowest BCUT2D eigenvalue weighted by atomic mass is 9.79. The molecule has 0 radical (unpaired) electrons. The number of amides is 1. The zero-order chi connectivity index (χ0) is 18.0. The van der Waals surface area contributed by atoms with Crippen molar-refractivity contribution in [2.24, 2.45) is 16.3 Å². The van der Waals surface area contributed by atoms with Crippen LogP contribution in [0.2, 0.25) is 0 Å². The Labute approximate surface area is 156 Å². The Bertz CT molecular complexity index is 676. The minimum atomic E-state index is 0.106. The number of aliphatic imine (C=N–C) groups is 1. The van der Waals surface area contributed by atoms with Gasteiger partial charge in [-0.05, 0) is 49.7 Å². The van der Waals surface area contributed by atoms with E-state index in [1.807, 2.05) is 0 Å². The maximum atomic E-state index is 11.8. The predicted molar refractivity (Wildman–Crippen MR) is 104 cm³/mol. The van der Waals surface area contributed by atoms with Crippen molar-refractivity contribution in [2.75, 3.05) is 32.7 Å². The average Bonchev–Trinajstić information content (AvgIpc) is 3.21. The first kappa shape index (κ1) is 17.4. The van der Waals surface area contributed by atoms with E-state index in [1.165, 1.54) is 11.1 Å². The molecule has 140 valence electrons. The van der Waals surface area contributed by atoms with Crippen molar-refractivity contribution in [2.45, 2.75) is 39.0 Å². The number of nitrogens with zero attached hydrogens (tertiary/aromatic N) is 2. The van der Waals surface area contributed by atoms with Crippen LogP contribution in [0.1, 0.15) is 37.3 Å². The molecule has 2 aliphatic heterocycles. The van der Waals surface area contributed by atoms with Crippen LogP contribution >= 0.6 is 0 Å². The highest BCUT2D eigenvalue weighted by molar-refractivity contribution is 5.81. The molecule has 1 aliphatic carbocycles. The smallest absolute Gasteiger partial charge is 0.220 e. The van der Waals surface area contributed by atoms with E-state index in [-0.39, 0.29) is 11.3 Å². The molecule has 3 aliphatic rings. The summed E-state index contributed by atoms with van der Waals surface area (Å²) in [7, 11) is 0. The largest absolute Gasteiger partial charge is 0.357 e. The Kier molecular flexibility index (Phi) is 4.88. The SMILES string of the molecule is CCNC(=NCC1Cc2ccccc2C1)N1CCCC2(CNC(=O)C2)C1. The summed E-state index contributed by atoms with van der Waals surface area (Å²) in [6, 6.07) is 8.78. The van der Waals surface area contributed by atoms with Gasteiger partial charge in [0.2, 0.25) is 5.91 Å². The zero-order valence-electron chi connectivity index (χ0n) is 15.8. The Balaban J connectivity index is 1.42. The molecule has 1 spiro atoms. The van der Waals surface area contributed by atoms with E-state index in [4.69, 9.17) is 4.99 Å². The third kappa shape index (κ3) is 3.57. The van der Waals surface area contributed by atoms with Gasteiger partial charge in [-0.3, -0.25) is 9.79 Å². The van der Waals surface area contributed by atoms with Crippen LogP contribution in [-0.4, -0.2) is 49.5 Å². The van der Waals surface area contributed by atoms with E-state index in [2.05, 4.69) is 46.7 Å². The summed E-state index contributed by atoms with van der Waals surface area (Å²) < 4.78 is 0. The molecule has 2 saturated heterocycles. The van der Waals surface area contributed by atoms with Gasteiger partial charge in [-0.2, -0.15) is 0 Å². The highest BCUT2D eigenvalue weighted by Gasteiger charge is 2.42. The minimum Gasteiger partial charge on any atom is -0.357 e. The molecule has 1 unspecified atom stereocenters. The van der Waals surface area contributed by atoms with E-state index in [1.54, 1.807) is 0 Å². The Hall–Kier alpha value is -2.04. The summed E-state index contributed by atoms with van der Waals surface area (Å²) in [5, 5.41) is 6.52. The molecular weight excluding hydrogens is 324 g/mol. The third-order valence-electron chi connectivity index (χ3n) is 6.13. The Morgan fingerprint density at radius 3 is 2.77 bits per heavy atom. The number of carbonyl (C=O) groups is 1. The number of piperidine rings is 1. The number of carbonyl (C=O) groups excluding carboxylic acids is 1. The quantitative estimate of drug-likeness (QED) is 0.645. The molecule has 4 rings (SSSR count). The maximum absolute atomic E-state index is 11.8. The molecule has 1 aromatic carbocycles. The molecule has 1 atom stereocenters. The first-order chi connectivity index (χ1) is 12.7. The number of guanidine groups is 1. The number of hydrogen-bond donors (Lipinski definition) is 2. The summed E-state index contributed by atoms with van der Waals surface area (Å²) in [6.45, 7) is 6.66. The summed E-state index contributed by atoms with van der Waals surface area (Å²) in [6.07, 6.45) is 5.22. The molecule has 26 heavy (non-hydrogen) atoms. The predicted octanol–water partition coefficient (Wildman–Crippen LogP) is 1.97. The van der Waals surface area contributed by atoms with Gasteiger partial charge < -0.3 is 15.5 Å². The van der Waals surface area contributed by atoms with Gasteiger partial charge in [0.25, 0.3) is 0 Å². The number of fused-ring (bicyclic) bond motifs is 1. The first-order valence-corrected chi connectivity index (χ1v) is 10.0. The summed E-state index contributed by atoms with van der Waals surface area (Å²) >= 11 is 0. The van der Waals surface area contributed by atoms with E-state index < -0.39 is 0 Å². The van der Waals surface area contributed by atoms with Gasteiger partial charge in [0.05, 0.1) is 0 Å². The van der Waals surface area contributed by atoms with Crippen LogP contribution in [0.25, 0.3) is 0 Å². The van der Waals surface area contributed by atoms with Crippen molar-refractivity contribution >= 4 is 11.9 Å². The van der Waals surface area contributed by atoms with Crippen LogP contribution < -0.4 is 10.6 Å². The van der Waals surface area contributed by atoms with Gasteiger partial charge in [-0.1, -0.05) is 24.3 Å².